The van der Waals surface area contributed by atoms with E-state index in [0.29, 0.717) is 5.69 Å². The molecule has 1 rings (SSSR count). The molecule has 1 amide bonds. The first-order chi connectivity index (χ1) is 9.41. The van der Waals surface area contributed by atoms with Crippen molar-refractivity contribution in [1.29, 1.82) is 0 Å². The average molecular weight is 280 g/mol. The van der Waals surface area contributed by atoms with Crippen molar-refractivity contribution >= 4 is 23.5 Å². The smallest absolute Gasteiger partial charge is 0.323 e. The van der Waals surface area contributed by atoms with Crippen LogP contribution in [-0.4, -0.2) is 40.6 Å². The molecule has 0 aliphatic heterocycles. The Morgan fingerprint density at radius 2 is 1.70 bits per heavy atom. The standard InChI is InChI=1S/C13H16N2O5/c14-10(6-7-11(16)17)13(20)15(8-12(18)19)9-4-2-1-3-5-9/h1-5,10H,6-8,14H2,(H,16,17)(H,18,19)/t10-/m1/s1. The van der Waals surface area contributed by atoms with E-state index in [9.17, 15) is 14.4 Å². The monoisotopic (exact) mass is 280 g/mol. The maximum absolute atomic E-state index is 12.1. The lowest BCUT2D eigenvalue weighted by Crippen LogP contribution is -2.46. The number of hydrogen-bond donors (Lipinski definition) is 3. The molecule has 0 saturated carbocycles. The van der Waals surface area contributed by atoms with E-state index in [1.807, 2.05) is 0 Å². The van der Waals surface area contributed by atoms with Crippen LogP contribution in [0.5, 0.6) is 0 Å². The Morgan fingerprint density at radius 1 is 1.10 bits per heavy atom. The van der Waals surface area contributed by atoms with Crippen molar-refractivity contribution in [3.63, 3.8) is 0 Å². The average Bonchev–Trinajstić information content (AvgIpc) is 2.42. The van der Waals surface area contributed by atoms with Gasteiger partial charge in [-0.05, 0) is 18.6 Å². The number of anilines is 1. The number of hydrogen-bond acceptors (Lipinski definition) is 4. The van der Waals surface area contributed by atoms with Crippen LogP contribution in [0.4, 0.5) is 5.69 Å². The van der Waals surface area contributed by atoms with Gasteiger partial charge in [0.05, 0.1) is 6.04 Å². The van der Waals surface area contributed by atoms with Crippen LogP contribution in [0.3, 0.4) is 0 Å². The number of aliphatic carboxylic acids is 2. The number of carboxylic acids is 2. The number of carbonyl (C=O) groups excluding carboxylic acids is 1. The van der Waals surface area contributed by atoms with Crippen molar-refractivity contribution in [2.24, 2.45) is 5.73 Å². The molecular weight excluding hydrogens is 264 g/mol. The van der Waals surface area contributed by atoms with E-state index in [4.69, 9.17) is 15.9 Å². The Kier molecular flexibility index (Phi) is 5.67. The highest BCUT2D eigenvalue weighted by Gasteiger charge is 2.24. The summed E-state index contributed by atoms with van der Waals surface area (Å²) in [4.78, 5) is 34.5. The minimum absolute atomic E-state index is 0.0445. The van der Waals surface area contributed by atoms with Gasteiger partial charge in [0.25, 0.3) is 0 Å². The number of carboxylic acid groups (broad SMARTS) is 2. The summed E-state index contributed by atoms with van der Waals surface area (Å²) < 4.78 is 0. The Morgan fingerprint density at radius 3 is 2.20 bits per heavy atom. The molecule has 0 saturated heterocycles. The zero-order valence-electron chi connectivity index (χ0n) is 10.7. The molecule has 0 aromatic heterocycles. The third-order valence-electron chi connectivity index (χ3n) is 2.61. The van der Waals surface area contributed by atoms with Gasteiger partial charge in [-0.1, -0.05) is 18.2 Å². The van der Waals surface area contributed by atoms with Gasteiger partial charge < -0.3 is 15.9 Å². The van der Waals surface area contributed by atoms with E-state index < -0.39 is 30.4 Å². The van der Waals surface area contributed by atoms with E-state index in [0.717, 1.165) is 4.90 Å². The zero-order valence-corrected chi connectivity index (χ0v) is 10.7. The molecule has 0 fully saturated rings. The van der Waals surface area contributed by atoms with Crippen molar-refractivity contribution < 1.29 is 24.6 Å². The molecule has 4 N–H and O–H groups in total. The van der Waals surface area contributed by atoms with Crippen LogP contribution >= 0.6 is 0 Å². The molecule has 20 heavy (non-hydrogen) atoms. The molecule has 0 unspecified atom stereocenters. The maximum Gasteiger partial charge on any atom is 0.323 e. The highest BCUT2D eigenvalue weighted by molar-refractivity contribution is 6.00. The summed E-state index contributed by atoms with van der Waals surface area (Å²) in [6, 6.07) is 7.19. The second kappa shape index (κ2) is 7.25. The molecule has 0 radical (unpaired) electrons. The minimum Gasteiger partial charge on any atom is -0.481 e. The summed E-state index contributed by atoms with van der Waals surface area (Å²) in [6.45, 7) is -0.524. The molecule has 108 valence electrons. The summed E-state index contributed by atoms with van der Waals surface area (Å²) in [7, 11) is 0. The van der Waals surface area contributed by atoms with Gasteiger partial charge in [-0.25, -0.2) is 0 Å². The van der Waals surface area contributed by atoms with Crippen LogP contribution in [0.15, 0.2) is 30.3 Å². The number of nitrogens with zero attached hydrogens (tertiary/aromatic N) is 1. The molecule has 1 aromatic carbocycles. The fraction of sp³-hybridized carbons (Fsp3) is 0.308. The normalized spacial score (nSPS) is 11.7. The van der Waals surface area contributed by atoms with Gasteiger partial charge in [-0.3, -0.25) is 19.3 Å². The van der Waals surface area contributed by atoms with Crippen LogP contribution in [0, 0.1) is 0 Å². The van der Waals surface area contributed by atoms with Crippen LogP contribution in [0.1, 0.15) is 12.8 Å². The van der Waals surface area contributed by atoms with Crippen molar-refractivity contribution in [1.82, 2.24) is 0 Å². The first-order valence-corrected chi connectivity index (χ1v) is 5.97. The Bertz CT molecular complexity index is 489. The van der Waals surface area contributed by atoms with Gasteiger partial charge in [0.2, 0.25) is 5.91 Å². The minimum atomic E-state index is -1.17. The Hall–Kier alpha value is -2.41. The molecule has 7 nitrogen and oxygen atoms in total. The first kappa shape index (κ1) is 15.6. The van der Waals surface area contributed by atoms with Crippen LogP contribution in [-0.2, 0) is 14.4 Å². The number of nitrogens with two attached hydrogens (primary N) is 1. The van der Waals surface area contributed by atoms with E-state index >= 15 is 0 Å². The first-order valence-electron chi connectivity index (χ1n) is 5.97. The summed E-state index contributed by atoms with van der Waals surface area (Å²) in [5.74, 6) is -2.84. The molecule has 0 aliphatic rings. The van der Waals surface area contributed by atoms with Crippen LogP contribution < -0.4 is 10.6 Å². The fourth-order valence-corrected chi connectivity index (χ4v) is 1.64. The van der Waals surface area contributed by atoms with E-state index in [2.05, 4.69) is 0 Å². The molecule has 1 aromatic rings. The van der Waals surface area contributed by atoms with Gasteiger partial charge in [0, 0.05) is 12.1 Å². The third-order valence-corrected chi connectivity index (χ3v) is 2.61. The molecule has 0 aliphatic carbocycles. The molecule has 7 heteroatoms. The van der Waals surface area contributed by atoms with Gasteiger partial charge >= 0.3 is 11.9 Å². The number of benzene rings is 1. The summed E-state index contributed by atoms with van der Waals surface area (Å²) in [5.41, 5.74) is 6.04. The van der Waals surface area contributed by atoms with Gasteiger partial charge in [0.1, 0.15) is 6.54 Å². The molecule has 0 spiro atoms. The number of amides is 1. The number of rotatable bonds is 7. The van der Waals surface area contributed by atoms with Crippen molar-refractivity contribution in [2.75, 3.05) is 11.4 Å². The lowest BCUT2D eigenvalue weighted by Gasteiger charge is -2.24. The fourth-order valence-electron chi connectivity index (χ4n) is 1.64. The lowest BCUT2D eigenvalue weighted by atomic mass is 10.1. The van der Waals surface area contributed by atoms with E-state index in [1.54, 1.807) is 30.3 Å². The van der Waals surface area contributed by atoms with Gasteiger partial charge in [-0.15, -0.1) is 0 Å². The summed E-state index contributed by atoms with van der Waals surface area (Å²) in [5, 5.41) is 17.4. The highest BCUT2D eigenvalue weighted by atomic mass is 16.4. The predicted molar refractivity (Wildman–Crippen MR) is 71.3 cm³/mol. The van der Waals surface area contributed by atoms with Crippen LogP contribution in [0.25, 0.3) is 0 Å². The summed E-state index contributed by atoms with van der Waals surface area (Å²) >= 11 is 0. The topological polar surface area (TPSA) is 121 Å². The second-order valence-corrected chi connectivity index (χ2v) is 4.19. The molecule has 0 bridgehead atoms. The SMILES string of the molecule is N[C@H](CCC(=O)O)C(=O)N(CC(=O)O)c1ccccc1. The quantitative estimate of drug-likeness (QED) is 0.660. The van der Waals surface area contributed by atoms with Crippen molar-refractivity contribution in [2.45, 2.75) is 18.9 Å². The number of carbonyl (C=O) groups is 3. The second-order valence-electron chi connectivity index (χ2n) is 4.19. The third kappa shape index (κ3) is 4.69. The van der Waals surface area contributed by atoms with Crippen LogP contribution in [0.2, 0.25) is 0 Å². The van der Waals surface area contributed by atoms with E-state index in [-0.39, 0.29) is 12.8 Å². The number of para-hydroxylation sites is 1. The Labute approximate surface area is 115 Å². The maximum atomic E-state index is 12.1. The van der Waals surface area contributed by atoms with Crippen molar-refractivity contribution in [3.8, 4) is 0 Å². The van der Waals surface area contributed by atoms with Gasteiger partial charge in [0.15, 0.2) is 0 Å². The van der Waals surface area contributed by atoms with E-state index in [1.165, 1.54) is 0 Å². The molecule has 1 atom stereocenters. The van der Waals surface area contributed by atoms with Gasteiger partial charge in [-0.2, -0.15) is 0 Å². The lowest BCUT2D eigenvalue weighted by molar-refractivity contribution is -0.138. The largest absolute Gasteiger partial charge is 0.481 e. The Balaban J connectivity index is 2.85. The highest BCUT2D eigenvalue weighted by Crippen LogP contribution is 2.15. The summed E-state index contributed by atoms with van der Waals surface area (Å²) in [6.07, 6.45) is -0.292. The predicted octanol–water partition coefficient (Wildman–Crippen LogP) is 0.296. The molecular formula is C13H16N2O5. The molecule has 0 heterocycles. The zero-order chi connectivity index (χ0) is 15.1. The van der Waals surface area contributed by atoms with Crippen molar-refractivity contribution in [3.05, 3.63) is 30.3 Å².